The van der Waals surface area contributed by atoms with Crippen LogP contribution < -0.4 is 10.1 Å². The maximum Gasteiger partial charge on any atom is 0.261 e. The van der Waals surface area contributed by atoms with Gasteiger partial charge in [-0.05, 0) is 52.8 Å². The minimum absolute atomic E-state index is 0.0273. The van der Waals surface area contributed by atoms with Crippen LogP contribution in [0.25, 0.3) is 0 Å². The molecular formula is C32H39ClN2O3. The summed E-state index contributed by atoms with van der Waals surface area (Å²) in [5.41, 5.74) is 3.08. The largest absolute Gasteiger partial charge is 0.484 e. The summed E-state index contributed by atoms with van der Waals surface area (Å²) in [6.07, 6.45) is 2.25. The highest BCUT2D eigenvalue weighted by atomic mass is 35.5. The van der Waals surface area contributed by atoms with E-state index in [9.17, 15) is 9.59 Å². The molecule has 0 saturated carbocycles. The number of carbonyl (C=O) groups is 2. The standard InChI is InChI=1S/C32H39ClN2O3/c1-5-6-20-34-31(37)29(21-24-10-8-7-9-11-24)35(22-25-12-16-27(33)17-13-25)30(36)23-38-28-18-14-26(15-19-28)32(2,3)4/h7-19,29H,5-6,20-23H2,1-4H3,(H,34,37)/t29-/m1/s1. The van der Waals surface area contributed by atoms with E-state index in [2.05, 4.69) is 33.0 Å². The SMILES string of the molecule is CCCCNC(=O)[C@@H](Cc1ccccc1)N(Cc1ccc(Cl)cc1)C(=O)COc1ccc(C(C)(C)C)cc1. The summed E-state index contributed by atoms with van der Waals surface area (Å²) >= 11 is 6.09. The summed E-state index contributed by atoms with van der Waals surface area (Å²) in [7, 11) is 0. The molecule has 0 spiro atoms. The van der Waals surface area contributed by atoms with Crippen molar-refractivity contribution in [2.45, 2.75) is 65.0 Å². The van der Waals surface area contributed by atoms with Gasteiger partial charge in [0.1, 0.15) is 11.8 Å². The number of rotatable bonds is 12. The Morgan fingerprint density at radius 3 is 2.18 bits per heavy atom. The molecule has 38 heavy (non-hydrogen) atoms. The molecule has 3 aromatic carbocycles. The van der Waals surface area contributed by atoms with Gasteiger partial charge in [-0.25, -0.2) is 0 Å². The van der Waals surface area contributed by atoms with Crippen molar-refractivity contribution in [3.05, 3.63) is 101 Å². The maximum absolute atomic E-state index is 13.7. The molecule has 2 amide bonds. The quantitative estimate of drug-likeness (QED) is 0.267. The summed E-state index contributed by atoms with van der Waals surface area (Å²) < 4.78 is 5.91. The van der Waals surface area contributed by atoms with Gasteiger partial charge < -0.3 is 15.0 Å². The predicted octanol–water partition coefficient (Wildman–Crippen LogP) is 6.57. The third kappa shape index (κ3) is 8.91. The van der Waals surface area contributed by atoms with Crippen LogP contribution in [-0.4, -0.2) is 35.9 Å². The smallest absolute Gasteiger partial charge is 0.261 e. The molecule has 6 heteroatoms. The monoisotopic (exact) mass is 534 g/mol. The van der Waals surface area contributed by atoms with Crippen LogP contribution in [0.3, 0.4) is 0 Å². The Kier molecular flexibility index (Phi) is 10.8. The third-order valence-electron chi connectivity index (χ3n) is 6.45. The molecule has 0 bridgehead atoms. The lowest BCUT2D eigenvalue weighted by atomic mass is 9.87. The van der Waals surface area contributed by atoms with Crippen molar-refractivity contribution in [1.29, 1.82) is 0 Å². The maximum atomic E-state index is 13.7. The van der Waals surface area contributed by atoms with Crippen LogP contribution >= 0.6 is 11.6 Å². The average molecular weight is 535 g/mol. The van der Waals surface area contributed by atoms with Crippen molar-refractivity contribution in [1.82, 2.24) is 10.2 Å². The number of benzene rings is 3. The van der Waals surface area contributed by atoms with E-state index >= 15 is 0 Å². The molecule has 0 radical (unpaired) electrons. The van der Waals surface area contributed by atoms with Crippen molar-refractivity contribution in [2.24, 2.45) is 0 Å². The summed E-state index contributed by atoms with van der Waals surface area (Å²) in [6.45, 7) is 9.20. The fourth-order valence-corrected chi connectivity index (χ4v) is 4.25. The molecule has 0 aliphatic carbocycles. The fraction of sp³-hybridized carbons (Fsp3) is 0.375. The number of ether oxygens (including phenoxy) is 1. The van der Waals surface area contributed by atoms with E-state index in [0.717, 1.165) is 24.0 Å². The molecule has 3 rings (SSSR count). The highest BCUT2D eigenvalue weighted by Gasteiger charge is 2.30. The van der Waals surface area contributed by atoms with Gasteiger partial charge in [-0.2, -0.15) is 0 Å². The Labute approximate surface area is 232 Å². The van der Waals surface area contributed by atoms with E-state index in [4.69, 9.17) is 16.3 Å². The topological polar surface area (TPSA) is 58.6 Å². The highest BCUT2D eigenvalue weighted by Crippen LogP contribution is 2.24. The zero-order valence-corrected chi connectivity index (χ0v) is 23.6. The van der Waals surface area contributed by atoms with Gasteiger partial charge in [-0.1, -0.05) is 100 Å². The third-order valence-corrected chi connectivity index (χ3v) is 6.70. The van der Waals surface area contributed by atoms with Crippen LogP contribution in [0.5, 0.6) is 5.75 Å². The molecule has 202 valence electrons. The zero-order valence-electron chi connectivity index (χ0n) is 22.9. The Bertz CT molecular complexity index is 1160. The lowest BCUT2D eigenvalue weighted by Gasteiger charge is -2.31. The van der Waals surface area contributed by atoms with Gasteiger partial charge in [0.25, 0.3) is 5.91 Å². The van der Waals surface area contributed by atoms with Crippen molar-refractivity contribution in [3.63, 3.8) is 0 Å². The molecule has 1 atom stereocenters. The number of halogens is 1. The molecule has 0 aliphatic rings. The molecule has 0 aromatic heterocycles. The first-order valence-electron chi connectivity index (χ1n) is 13.3. The lowest BCUT2D eigenvalue weighted by molar-refractivity contribution is -0.142. The molecule has 0 aliphatic heterocycles. The molecule has 3 aromatic rings. The van der Waals surface area contributed by atoms with E-state index in [1.54, 1.807) is 17.0 Å². The van der Waals surface area contributed by atoms with Crippen LogP contribution in [0, 0.1) is 0 Å². The van der Waals surface area contributed by atoms with Gasteiger partial charge in [-0.3, -0.25) is 9.59 Å². The van der Waals surface area contributed by atoms with Gasteiger partial charge >= 0.3 is 0 Å². The van der Waals surface area contributed by atoms with E-state index in [0.29, 0.717) is 23.7 Å². The molecule has 5 nitrogen and oxygen atoms in total. The molecule has 0 heterocycles. The molecular weight excluding hydrogens is 496 g/mol. The number of carbonyl (C=O) groups excluding carboxylic acids is 2. The van der Waals surface area contributed by atoms with Crippen LogP contribution in [0.1, 0.15) is 57.2 Å². The van der Waals surface area contributed by atoms with E-state index < -0.39 is 6.04 Å². The van der Waals surface area contributed by atoms with Gasteiger partial charge in [0.05, 0.1) is 0 Å². The number of nitrogens with zero attached hydrogens (tertiary/aromatic N) is 1. The first-order chi connectivity index (χ1) is 18.2. The molecule has 0 saturated heterocycles. The average Bonchev–Trinajstić information content (AvgIpc) is 2.90. The van der Waals surface area contributed by atoms with Crippen LogP contribution in [0.4, 0.5) is 0 Å². The molecule has 0 fully saturated rings. The summed E-state index contributed by atoms with van der Waals surface area (Å²) in [4.78, 5) is 28.8. The number of nitrogens with one attached hydrogen (secondary N) is 1. The minimum Gasteiger partial charge on any atom is -0.484 e. The molecule has 1 N–H and O–H groups in total. The van der Waals surface area contributed by atoms with Gasteiger partial charge in [0, 0.05) is 24.5 Å². The lowest BCUT2D eigenvalue weighted by Crippen LogP contribution is -2.51. The number of unbranched alkanes of at least 4 members (excludes halogenated alkanes) is 1. The number of hydrogen-bond acceptors (Lipinski definition) is 3. The first kappa shape index (κ1) is 29.2. The van der Waals surface area contributed by atoms with Crippen molar-refractivity contribution >= 4 is 23.4 Å². The number of amides is 2. The molecule has 0 unspecified atom stereocenters. The Morgan fingerprint density at radius 2 is 1.58 bits per heavy atom. The van der Waals surface area contributed by atoms with Crippen LogP contribution in [0.15, 0.2) is 78.9 Å². The van der Waals surface area contributed by atoms with Crippen molar-refractivity contribution < 1.29 is 14.3 Å². The minimum atomic E-state index is -0.690. The number of hydrogen-bond donors (Lipinski definition) is 1. The van der Waals surface area contributed by atoms with Gasteiger partial charge in [-0.15, -0.1) is 0 Å². The van der Waals surface area contributed by atoms with Crippen molar-refractivity contribution in [2.75, 3.05) is 13.2 Å². The first-order valence-corrected chi connectivity index (χ1v) is 13.6. The summed E-state index contributed by atoms with van der Waals surface area (Å²) in [6, 6.07) is 24.2. The van der Waals surface area contributed by atoms with Crippen LogP contribution in [0.2, 0.25) is 5.02 Å². The Balaban J connectivity index is 1.85. The second-order valence-electron chi connectivity index (χ2n) is 10.6. The Morgan fingerprint density at radius 1 is 0.921 bits per heavy atom. The Hall–Kier alpha value is -3.31. The van der Waals surface area contributed by atoms with Crippen LogP contribution in [-0.2, 0) is 28.0 Å². The second-order valence-corrected chi connectivity index (χ2v) is 11.0. The second kappa shape index (κ2) is 14.0. The highest BCUT2D eigenvalue weighted by molar-refractivity contribution is 6.30. The fourth-order valence-electron chi connectivity index (χ4n) is 4.13. The zero-order chi connectivity index (χ0) is 27.5. The normalized spacial score (nSPS) is 12.0. The van der Waals surface area contributed by atoms with E-state index in [1.807, 2.05) is 66.7 Å². The summed E-state index contributed by atoms with van der Waals surface area (Å²) in [5, 5.41) is 3.65. The van der Waals surface area contributed by atoms with Gasteiger partial charge in [0.2, 0.25) is 5.91 Å². The van der Waals surface area contributed by atoms with E-state index in [-0.39, 0.29) is 30.4 Å². The predicted molar refractivity (Wildman–Crippen MR) is 154 cm³/mol. The van der Waals surface area contributed by atoms with E-state index in [1.165, 1.54) is 5.56 Å². The van der Waals surface area contributed by atoms with Gasteiger partial charge in [0.15, 0.2) is 6.61 Å². The van der Waals surface area contributed by atoms with Crippen molar-refractivity contribution in [3.8, 4) is 5.75 Å². The summed E-state index contributed by atoms with van der Waals surface area (Å²) in [5.74, 6) is 0.190.